The Morgan fingerprint density at radius 2 is 2.05 bits per heavy atom. The molecule has 0 spiro atoms. The van der Waals surface area contributed by atoms with Gasteiger partial charge in [-0.1, -0.05) is 23.9 Å². The largest absolute Gasteiger partial charge is 0.415 e. The van der Waals surface area contributed by atoms with E-state index < -0.39 is 0 Å². The molecule has 0 saturated carbocycles. The van der Waals surface area contributed by atoms with Gasteiger partial charge in [0, 0.05) is 7.05 Å². The highest BCUT2D eigenvalue weighted by atomic mass is 32.2. The van der Waals surface area contributed by atoms with E-state index in [0.717, 1.165) is 0 Å². The number of aromatic nitrogens is 4. The van der Waals surface area contributed by atoms with Crippen LogP contribution < -0.4 is 5.56 Å². The molecular weight excluding hydrogens is 320 g/mol. The molecule has 0 amide bonds. The lowest BCUT2D eigenvalue weighted by molar-refractivity contribution is 0.426. The first kappa shape index (κ1) is 15.1. The third-order valence-corrected chi connectivity index (χ3v) is 4.47. The van der Waals surface area contributed by atoms with Crippen molar-refractivity contribution in [1.82, 2.24) is 19.7 Å². The van der Waals surface area contributed by atoms with Crippen molar-refractivity contribution in [2.24, 2.45) is 7.05 Å². The molecule has 0 N–H and O–H groups in total. The first-order chi connectivity index (χ1) is 10.7. The fourth-order valence-corrected chi connectivity index (χ4v) is 3.13. The average Bonchev–Trinajstić information content (AvgIpc) is 2.97. The predicted molar refractivity (Wildman–Crippen MR) is 88.1 cm³/mol. The van der Waals surface area contributed by atoms with Crippen LogP contribution in [0.5, 0.6) is 0 Å². The molecule has 0 aliphatic carbocycles. The van der Waals surface area contributed by atoms with Crippen LogP contribution in [-0.4, -0.2) is 26.0 Å². The zero-order valence-corrected chi connectivity index (χ0v) is 13.8. The smallest absolute Gasteiger partial charge is 0.277 e. The molecule has 0 bridgehead atoms. The summed E-state index contributed by atoms with van der Waals surface area (Å²) in [7, 11) is 1.73. The lowest BCUT2D eigenvalue weighted by atomic mass is 10.2. The summed E-state index contributed by atoms with van der Waals surface area (Å²) in [5.74, 6) is 2.48. The van der Waals surface area contributed by atoms with E-state index in [2.05, 4.69) is 15.2 Å². The number of para-hydroxylation sites is 1. The highest BCUT2D eigenvalue weighted by Crippen LogP contribution is 2.21. The van der Waals surface area contributed by atoms with E-state index in [0.29, 0.717) is 39.3 Å². The molecule has 0 radical (unpaired) electrons. The number of hydrogen-bond acceptors (Lipinski definition) is 7. The normalized spacial score (nSPS) is 11.2. The van der Waals surface area contributed by atoms with Crippen molar-refractivity contribution in [3.05, 3.63) is 46.3 Å². The minimum absolute atomic E-state index is 0.0465. The Bertz CT molecular complexity index is 859. The van der Waals surface area contributed by atoms with Crippen molar-refractivity contribution >= 4 is 34.4 Å². The van der Waals surface area contributed by atoms with Gasteiger partial charge in [0.2, 0.25) is 5.89 Å². The molecule has 0 saturated heterocycles. The molecule has 2 heterocycles. The second-order valence-electron chi connectivity index (χ2n) is 4.59. The van der Waals surface area contributed by atoms with Gasteiger partial charge >= 0.3 is 0 Å². The lowest BCUT2D eigenvalue weighted by Gasteiger charge is -2.07. The van der Waals surface area contributed by atoms with Gasteiger partial charge in [-0.25, -0.2) is 4.98 Å². The van der Waals surface area contributed by atoms with Gasteiger partial charge in [0.05, 0.1) is 22.4 Å². The number of fused-ring (bicyclic) bond motifs is 1. The molecule has 0 atom stereocenters. The van der Waals surface area contributed by atoms with Crippen molar-refractivity contribution in [1.29, 1.82) is 0 Å². The number of nitrogens with zero attached hydrogens (tertiary/aromatic N) is 4. The first-order valence-electron chi connectivity index (χ1n) is 6.58. The Morgan fingerprint density at radius 1 is 1.23 bits per heavy atom. The Kier molecular flexibility index (Phi) is 4.49. The molecule has 1 aromatic carbocycles. The molecule has 3 rings (SSSR count). The SMILES string of the molecule is CSCc1nnc(SCc2nc3ccccc3c(=O)n2C)o1. The van der Waals surface area contributed by atoms with Gasteiger partial charge in [-0.3, -0.25) is 9.36 Å². The van der Waals surface area contributed by atoms with Crippen molar-refractivity contribution in [3.8, 4) is 0 Å². The molecule has 0 aliphatic heterocycles. The van der Waals surface area contributed by atoms with Crippen LogP contribution in [0.1, 0.15) is 11.7 Å². The summed E-state index contributed by atoms with van der Waals surface area (Å²) in [5.41, 5.74) is 0.657. The van der Waals surface area contributed by atoms with Crippen molar-refractivity contribution in [2.75, 3.05) is 6.26 Å². The van der Waals surface area contributed by atoms with E-state index in [1.54, 1.807) is 29.4 Å². The zero-order valence-electron chi connectivity index (χ0n) is 12.1. The van der Waals surface area contributed by atoms with Crippen LogP contribution in [-0.2, 0) is 18.6 Å². The van der Waals surface area contributed by atoms with Crippen LogP contribution in [0, 0.1) is 0 Å². The highest BCUT2D eigenvalue weighted by Gasteiger charge is 2.11. The fraction of sp³-hybridized carbons (Fsp3) is 0.286. The monoisotopic (exact) mass is 334 g/mol. The highest BCUT2D eigenvalue weighted by molar-refractivity contribution is 7.98. The average molecular weight is 334 g/mol. The summed E-state index contributed by atoms with van der Waals surface area (Å²) in [4.78, 5) is 16.9. The third-order valence-electron chi connectivity index (χ3n) is 3.12. The molecule has 114 valence electrons. The Labute approximate surface area is 135 Å². The summed E-state index contributed by atoms with van der Waals surface area (Å²) in [6.07, 6.45) is 1.98. The molecule has 0 aliphatic rings. The van der Waals surface area contributed by atoms with Crippen LogP contribution in [0.3, 0.4) is 0 Å². The quantitative estimate of drug-likeness (QED) is 0.664. The first-order valence-corrected chi connectivity index (χ1v) is 8.95. The number of thioether (sulfide) groups is 2. The molecule has 22 heavy (non-hydrogen) atoms. The van der Waals surface area contributed by atoms with Crippen molar-refractivity contribution < 1.29 is 4.42 Å². The van der Waals surface area contributed by atoms with E-state index in [1.807, 2.05) is 24.5 Å². The van der Waals surface area contributed by atoms with Crippen LogP contribution in [0.15, 0.2) is 38.7 Å². The van der Waals surface area contributed by atoms with Gasteiger partial charge in [0.1, 0.15) is 5.82 Å². The Morgan fingerprint density at radius 3 is 2.86 bits per heavy atom. The van der Waals surface area contributed by atoms with Crippen LogP contribution in [0.4, 0.5) is 0 Å². The fourth-order valence-electron chi connectivity index (χ4n) is 2.00. The summed E-state index contributed by atoms with van der Waals surface area (Å²) in [6, 6.07) is 7.34. The zero-order chi connectivity index (χ0) is 15.5. The molecule has 3 aromatic rings. The van der Waals surface area contributed by atoms with Gasteiger partial charge in [-0.2, -0.15) is 11.8 Å². The van der Waals surface area contributed by atoms with Gasteiger partial charge in [-0.15, -0.1) is 10.2 Å². The standard InChI is InChI=1S/C14H14N4O2S2/c1-18-11(7-22-14-17-16-12(20-14)8-21-2)15-10-6-4-3-5-9(10)13(18)19/h3-6H,7-8H2,1-2H3. The van der Waals surface area contributed by atoms with Crippen LogP contribution in [0.2, 0.25) is 0 Å². The molecular formula is C14H14N4O2S2. The minimum Gasteiger partial charge on any atom is -0.415 e. The third kappa shape index (κ3) is 3.02. The minimum atomic E-state index is -0.0465. The molecule has 6 nitrogen and oxygen atoms in total. The summed E-state index contributed by atoms with van der Waals surface area (Å²) in [5, 5.41) is 9.06. The van der Waals surface area contributed by atoms with Gasteiger partial charge in [0.25, 0.3) is 10.8 Å². The second kappa shape index (κ2) is 6.53. The van der Waals surface area contributed by atoms with Crippen molar-refractivity contribution in [3.63, 3.8) is 0 Å². The molecule has 2 aromatic heterocycles. The van der Waals surface area contributed by atoms with E-state index in [1.165, 1.54) is 11.8 Å². The Balaban J connectivity index is 1.84. The van der Waals surface area contributed by atoms with E-state index in [-0.39, 0.29) is 5.56 Å². The molecule has 0 unspecified atom stereocenters. The predicted octanol–water partition coefficient (Wildman–Crippen LogP) is 2.47. The summed E-state index contributed by atoms with van der Waals surface area (Å²) < 4.78 is 7.07. The van der Waals surface area contributed by atoms with Crippen molar-refractivity contribution in [2.45, 2.75) is 16.7 Å². The number of benzene rings is 1. The summed E-state index contributed by atoms with van der Waals surface area (Å²) >= 11 is 3.00. The van der Waals surface area contributed by atoms with E-state index >= 15 is 0 Å². The lowest BCUT2D eigenvalue weighted by Crippen LogP contribution is -2.21. The van der Waals surface area contributed by atoms with E-state index in [4.69, 9.17) is 4.42 Å². The van der Waals surface area contributed by atoms with Gasteiger partial charge in [-0.05, 0) is 18.4 Å². The van der Waals surface area contributed by atoms with Gasteiger partial charge in [0.15, 0.2) is 0 Å². The maximum Gasteiger partial charge on any atom is 0.277 e. The molecule has 0 fully saturated rings. The maximum absolute atomic E-state index is 12.3. The van der Waals surface area contributed by atoms with Crippen LogP contribution >= 0.6 is 23.5 Å². The number of rotatable bonds is 5. The number of hydrogen-bond donors (Lipinski definition) is 0. The topological polar surface area (TPSA) is 73.8 Å². The van der Waals surface area contributed by atoms with Crippen LogP contribution in [0.25, 0.3) is 10.9 Å². The summed E-state index contributed by atoms with van der Waals surface area (Å²) in [6.45, 7) is 0. The maximum atomic E-state index is 12.3. The second-order valence-corrected chi connectivity index (χ2v) is 6.39. The Hall–Kier alpha value is -1.80. The van der Waals surface area contributed by atoms with Gasteiger partial charge < -0.3 is 4.42 Å². The van der Waals surface area contributed by atoms with E-state index in [9.17, 15) is 4.79 Å². The molecule has 8 heteroatoms.